The lowest BCUT2D eigenvalue weighted by Crippen LogP contribution is -2.29. The minimum absolute atomic E-state index is 0.187. The van der Waals surface area contributed by atoms with E-state index in [1.54, 1.807) is 6.07 Å². The number of amides is 2. The van der Waals surface area contributed by atoms with Crippen molar-refractivity contribution in [1.29, 1.82) is 0 Å². The van der Waals surface area contributed by atoms with Crippen LogP contribution in [0, 0.1) is 6.92 Å². The molecule has 0 saturated carbocycles. The van der Waals surface area contributed by atoms with Gasteiger partial charge in [-0.25, -0.2) is 4.79 Å². The lowest BCUT2D eigenvalue weighted by atomic mass is 10.2. The lowest BCUT2D eigenvalue weighted by molar-refractivity contribution is 0.252. The van der Waals surface area contributed by atoms with E-state index in [2.05, 4.69) is 17.6 Å². The van der Waals surface area contributed by atoms with Crippen LogP contribution >= 0.6 is 11.6 Å². The van der Waals surface area contributed by atoms with Crippen LogP contribution in [0.15, 0.2) is 18.2 Å². The van der Waals surface area contributed by atoms with Gasteiger partial charge in [0.1, 0.15) is 0 Å². The Bertz CT molecular complexity index is 366. The Morgan fingerprint density at radius 3 is 2.81 bits per heavy atom. The summed E-state index contributed by atoms with van der Waals surface area (Å²) in [4.78, 5) is 11.4. The number of unbranched alkanes of at least 4 members (excludes halogenated alkanes) is 1. The zero-order valence-electron chi connectivity index (χ0n) is 9.64. The van der Waals surface area contributed by atoms with Crippen molar-refractivity contribution in [3.8, 4) is 0 Å². The van der Waals surface area contributed by atoms with Gasteiger partial charge in [-0.1, -0.05) is 31.0 Å². The average molecular weight is 241 g/mol. The summed E-state index contributed by atoms with van der Waals surface area (Å²) in [5.74, 6) is 0. The summed E-state index contributed by atoms with van der Waals surface area (Å²) in [5, 5.41) is 6.17. The molecule has 1 aromatic carbocycles. The molecule has 88 valence electrons. The second-order valence-electron chi connectivity index (χ2n) is 3.70. The number of carbonyl (C=O) groups is 1. The highest BCUT2D eigenvalue weighted by molar-refractivity contribution is 6.31. The lowest BCUT2D eigenvalue weighted by Gasteiger charge is -2.08. The van der Waals surface area contributed by atoms with Crippen LogP contribution < -0.4 is 10.6 Å². The number of hydrogen-bond acceptors (Lipinski definition) is 1. The second kappa shape index (κ2) is 6.38. The maximum atomic E-state index is 11.4. The molecule has 1 aromatic rings. The molecule has 0 radical (unpaired) electrons. The molecule has 1 rings (SSSR count). The van der Waals surface area contributed by atoms with Crippen LogP contribution in [0.4, 0.5) is 10.5 Å². The van der Waals surface area contributed by atoms with Gasteiger partial charge >= 0.3 is 6.03 Å². The highest BCUT2D eigenvalue weighted by Gasteiger charge is 2.02. The minimum Gasteiger partial charge on any atom is -0.338 e. The Labute approximate surface area is 101 Å². The van der Waals surface area contributed by atoms with Crippen LogP contribution in [0.1, 0.15) is 25.3 Å². The minimum atomic E-state index is -0.187. The van der Waals surface area contributed by atoms with Gasteiger partial charge in [0.2, 0.25) is 0 Å². The fourth-order valence-electron chi connectivity index (χ4n) is 1.22. The number of hydrogen-bond donors (Lipinski definition) is 2. The molecule has 2 amide bonds. The number of aryl methyl sites for hydroxylation is 1. The molecule has 0 unspecified atom stereocenters. The number of anilines is 1. The molecule has 0 fully saturated rings. The van der Waals surface area contributed by atoms with E-state index in [-0.39, 0.29) is 6.03 Å². The molecule has 4 heteroatoms. The average Bonchev–Trinajstić information content (AvgIpc) is 2.24. The fourth-order valence-corrected chi connectivity index (χ4v) is 1.41. The monoisotopic (exact) mass is 240 g/mol. The summed E-state index contributed by atoms with van der Waals surface area (Å²) in [6, 6.07) is 5.27. The molecule has 0 bridgehead atoms. The molecule has 2 N–H and O–H groups in total. The summed E-state index contributed by atoms with van der Waals surface area (Å²) in [6.07, 6.45) is 2.05. The largest absolute Gasteiger partial charge is 0.338 e. The van der Waals surface area contributed by atoms with Crippen LogP contribution in [0.2, 0.25) is 5.02 Å². The van der Waals surface area contributed by atoms with Crippen molar-refractivity contribution in [2.45, 2.75) is 26.7 Å². The van der Waals surface area contributed by atoms with Crippen molar-refractivity contribution in [3.63, 3.8) is 0 Å². The highest BCUT2D eigenvalue weighted by atomic mass is 35.5. The van der Waals surface area contributed by atoms with Gasteiger partial charge in [-0.3, -0.25) is 0 Å². The topological polar surface area (TPSA) is 41.1 Å². The number of carbonyl (C=O) groups excluding carboxylic acids is 1. The zero-order chi connectivity index (χ0) is 12.0. The Morgan fingerprint density at radius 2 is 2.19 bits per heavy atom. The SMILES string of the molecule is CCCCNC(=O)Nc1ccc(C)c(Cl)c1. The highest BCUT2D eigenvalue weighted by Crippen LogP contribution is 2.19. The Morgan fingerprint density at radius 1 is 1.44 bits per heavy atom. The Kier molecular flexibility index (Phi) is 5.12. The molecular formula is C12H17ClN2O. The van der Waals surface area contributed by atoms with Crippen LogP contribution in [0.5, 0.6) is 0 Å². The summed E-state index contributed by atoms with van der Waals surface area (Å²) in [5.41, 5.74) is 1.71. The summed E-state index contributed by atoms with van der Waals surface area (Å²) in [7, 11) is 0. The third kappa shape index (κ3) is 4.11. The predicted octanol–water partition coefficient (Wildman–Crippen LogP) is 3.57. The van der Waals surface area contributed by atoms with Crippen molar-refractivity contribution in [3.05, 3.63) is 28.8 Å². The van der Waals surface area contributed by atoms with E-state index in [1.165, 1.54) is 0 Å². The van der Waals surface area contributed by atoms with Crippen LogP contribution in [0.3, 0.4) is 0 Å². The first kappa shape index (κ1) is 12.8. The smallest absolute Gasteiger partial charge is 0.319 e. The Hall–Kier alpha value is -1.22. The zero-order valence-corrected chi connectivity index (χ0v) is 10.4. The predicted molar refractivity (Wildman–Crippen MR) is 68.1 cm³/mol. The van der Waals surface area contributed by atoms with Gasteiger partial charge in [-0.15, -0.1) is 0 Å². The Balaban J connectivity index is 2.46. The van der Waals surface area contributed by atoms with Crippen molar-refractivity contribution < 1.29 is 4.79 Å². The molecule has 0 spiro atoms. The van der Waals surface area contributed by atoms with E-state index in [9.17, 15) is 4.79 Å². The van der Waals surface area contributed by atoms with E-state index in [0.29, 0.717) is 17.3 Å². The standard InChI is InChI=1S/C12H17ClN2O/c1-3-4-7-14-12(16)15-10-6-5-9(2)11(13)8-10/h5-6,8H,3-4,7H2,1-2H3,(H2,14,15,16). The van der Waals surface area contributed by atoms with E-state index < -0.39 is 0 Å². The molecule has 0 aliphatic rings. The quantitative estimate of drug-likeness (QED) is 0.777. The van der Waals surface area contributed by atoms with Crippen molar-refractivity contribution in [1.82, 2.24) is 5.32 Å². The van der Waals surface area contributed by atoms with Gasteiger partial charge in [0, 0.05) is 17.3 Å². The van der Waals surface area contributed by atoms with Gasteiger partial charge in [0.05, 0.1) is 0 Å². The molecule has 3 nitrogen and oxygen atoms in total. The van der Waals surface area contributed by atoms with Crippen LogP contribution in [0.25, 0.3) is 0 Å². The van der Waals surface area contributed by atoms with Crippen LogP contribution in [-0.2, 0) is 0 Å². The second-order valence-corrected chi connectivity index (χ2v) is 4.11. The fraction of sp³-hybridized carbons (Fsp3) is 0.417. The maximum absolute atomic E-state index is 11.4. The number of urea groups is 1. The summed E-state index contributed by atoms with van der Waals surface area (Å²) >= 11 is 5.95. The molecular weight excluding hydrogens is 224 g/mol. The number of rotatable bonds is 4. The first-order valence-corrected chi connectivity index (χ1v) is 5.82. The normalized spacial score (nSPS) is 9.94. The molecule has 0 atom stereocenters. The first-order valence-electron chi connectivity index (χ1n) is 5.44. The van der Waals surface area contributed by atoms with E-state index in [4.69, 9.17) is 11.6 Å². The van der Waals surface area contributed by atoms with Crippen molar-refractivity contribution in [2.24, 2.45) is 0 Å². The van der Waals surface area contributed by atoms with E-state index in [0.717, 1.165) is 18.4 Å². The third-order valence-corrected chi connectivity index (χ3v) is 2.65. The molecule has 0 aliphatic heterocycles. The molecule has 0 heterocycles. The maximum Gasteiger partial charge on any atom is 0.319 e. The van der Waals surface area contributed by atoms with Gasteiger partial charge in [-0.2, -0.15) is 0 Å². The number of nitrogens with one attached hydrogen (secondary N) is 2. The molecule has 16 heavy (non-hydrogen) atoms. The molecule has 0 aliphatic carbocycles. The van der Waals surface area contributed by atoms with Crippen molar-refractivity contribution in [2.75, 3.05) is 11.9 Å². The molecule has 0 aromatic heterocycles. The third-order valence-electron chi connectivity index (χ3n) is 2.25. The van der Waals surface area contributed by atoms with Gasteiger partial charge in [-0.05, 0) is 31.0 Å². The van der Waals surface area contributed by atoms with Gasteiger partial charge in [0.25, 0.3) is 0 Å². The summed E-state index contributed by atoms with van der Waals surface area (Å²) in [6.45, 7) is 4.70. The summed E-state index contributed by atoms with van der Waals surface area (Å²) < 4.78 is 0. The van der Waals surface area contributed by atoms with Gasteiger partial charge in [0.15, 0.2) is 0 Å². The van der Waals surface area contributed by atoms with E-state index in [1.807, 2.05) is 19.1 Å². The van der Waals surface area contributed by atoms with Crippen LogP contribution in [-0.4, -0.2) is 12.6 Å². The number of benzene rings is 1. The molecule has 0 saturated heterocycles. The van der Waals surface area contributed by atoms with E-state index >= 15 is 0 Å². The van der Waals surface area contributed by atoms with Crippen molar-refractivity contribution >= 4 is 23.3 Å². The number of halogens is 1. The first-order chi connectivity index (χ1) is 7.63. The van der Waals surface area contributed by atoms with Gasteiger partial charge < -0.3 is 10.6 Å².